The van der Waals surface area contributed by atoms with Crippen molar-refractivity contribution in [3.05, 3.63) is 136 Å². The van der Waals surface area contributed by atoms with Gasteiger partial charge in [0, 0.05) is 10.6 Å². The van der Waals surface area contributed by atoms with Crippen LogP contribution in [-0.2, 0) is 0 Å². The molecule has 0 saturated carbocycles. The first-order valence-corrected chi connectivity index (χ1v) is 11.9. The average molecular weight is 472 g/mol. The van der Waals surface area contributed by atoms with Crippen molar-refractivity contribution in [1.29, 1.82) is 0 Å². The molecule has 32 heavy (non-hydrogen) atoms. The summed E-state index contributed by atoms with van der Waals surface area (Å²) in [5.41, 5.74) is 5.44. The van der Waals surface area contributed by atoms with Crippen LogP contribution in [0.5, 0.6) is 0 Å². The molecule has 0 aliphatic carbocycles. The van der Waals surface area contributed by atoms with Crippen molar-refractivity contribution in [3.8, 4) is 21.0 Å². The fourth-order valence-corrected chi connectivity index (χ4v) is 5.44. The van der Waals surface area contributed by atoms with E-state index in [9.17, 15) is 0 Å². The van der Waals surface area contributed by atoms with E-state index in [1.165, 1.54) is 5.56 Å². The lowest BCUT2D eigenvalue weighted by atomic mass is 9.87. The molecule has 1 aromatic heterocycles. The van der Waals surface area contributed by atoms with Gasteiger partial charge in [-0.1, -0.05) is 114 Å². The Kier molecular flexibility index (Phi) is 6.09. The molecule has 0 N–H and O–H groups in total. The Morgan fingerprint density at radius 3 is 1.91 bits per heavy atom. The van der Waals surface area contributed by atoms with E-state index in [-0.39, 0.29) is 5.92 Å². The third-order valence-electron chi connectivity index (χ3n) is 5.40. The fraction of sp³-hybridized carbons (Fsp3) is 0.0357. The highest BCUT2D eigenvalue weighted by Crippen LogP contribution is 2.44. The minimum absolute atomic E-state index is 0.0313. The van der Waals surface area contributed by atoms with Gasteiger partial charge in [0.05, 0.1) is 21.5 Å². The van der Waals surface area contributed by atoms with Crippen LogP contribution in [0.4, 0.5) is 0 Å². The summed E-state index contributed by atoms with van der Waals surface area (Å²) in [6, 6.07) is 36.9. The van der Waals surface area contributed by atoms with Crippen molar-refractivity contribution >= 4 is 34.5 Å². The minimum Gasteiger partial charge on any atom is -0.239 e. The van der Waals surface area contributed by atoms with Crippen LogP contribution in [0.2, 0.25) is 10.0 Å². The predicted octanol–water partition coefficient (Wildman–Crippen LogP) is 8.96. The number of thiazole rings is 1. The molecule has 0 spiro atoms. The highest BCUT2D eigenvalue weighted by atomic mass is 35.5. The number of benzene rings is 4. The van der Waals surface area contributed by atoms with Crippen molar-refractivity contribution in [2.24, 2.45) is 0 Å². The zero-order chi connectivity index (χ0) is 21.9. The lowest BCUT2D eigenvalue weighted by Gasteiger charge is -2.18. The van der Waals surface area contributed by atoms with Gasteiger partial charge in [-0.15, -0.1) is 11.3 Å². The molecule has 1 unspecified atom stereocenters. The van der Waals surface area contributed by atoms with E-state index in [0.717, 1.165) is 37.3 Å². The van der Waals surface area contributed by atoms with E-state index >= 15 is 0 Å². The summed E-state index contributed by atoms with van der Waals surface area (Å²) in [6.07, 6.45) is 0. The summed E-state index contributed by atoms with van der Waals surface area (Å²) >= 11 is 14.4. The Morgan fingerprint density at radius 2 is 1.22 bits per heavy atom. The largest absolute Gasteiger partial charge is 0.239 e. The summed E-state index contributed by atoms with van der Waals surface area (Å²) in [5, 5.41) is 2.34. The number of nitrogens with zero attached hydrogens (tertiary/aromatic N) is 1. The van der Waals surface area contributed by atoms with Crippen LogP contribution in [0.1, 0.15) is 22.7 Å². The van der Waals surface area contributed by atoms with Crippen molar-refractivity contribution in [1.82, 2.24) is 4.98 Å². The molecule has 5 rings (SSSR count). The number of hydrogen-bond acceptors (Lipinski definition) is 2. The Balaban J connectivity index is 1.76. The molecule has 1 atom stereocenters. The van der Waals surface area contributed by atoms with Gasteiger partial charge in [-0.2, -0.15) is 0 Å². The molecule has 1 nitrogen and oxygen atoms in total. The minimum atomic E-state index is -0.0313. The standard InChI is InChI=1S/C28H19Cl2NS/c29-22-17-15-20(16-18-22)25(19-9-3-1-4-10-19)26-27(21-11-5-2-6-12-21)32-28(31-26)23-13-7-8-14-24(23)30/h1-18,25H. The molecule has 0 aliphatic rings. The smallest absolute Gasteiger partial charge is 0.125 e. The lowest BCUT2D eigenvalue weighted by molar-refractivity contribution is 0.937. The third-order valence-corrected chi connectivity index (χ3v) is 7.14. The Morgan fingerprint density at radius 1 is 0.625 bits per heavy atom. The fourth-order valence-electron chi connectivity index (χ4n) is 3.88. The zero-order valence-corrected chi connectivity index (χ0v) is 19.4. The van der Waals surface area contributed by atoms with Gasteiger partial charge in [0.1, 0.15) is 5.01 Å². The highest BCUT2D eigenvalue weighted by molar-refractivity contribution is 7.18. The molecule has 5 aromatic rings. The maximum absolute atomic E-state index is 6.55. The topological polar surface area (TPSA) is 12.9 Å². The van der Waals surface area contributed by atoms with E-state index < -0.39 is 0 Å². The zero-order valence-electron chi connectivity index (χ0n) is 17.1. The second-order valence-corrected chi connectivity index (χ2v) is 9.32. The second-order valence-electron chi connectivity index (χ2n) is 7.47. The Labute approximate surface area is 201 Å². The van der Waals surface area contributed by atoms with Crippen LogP contribution in [0.3, 0.4) is 0 Å². The first-order chi connectivity index (χ1) is 15.7. The van der Waals surface area contributed by atoms with Gasteiger partial charge in [0.15, 0.2) is 0 Å². The second kappa shape index (κ2) is 9.30. The van der Waals surface area contributed by atoms with Gasteiger partial charge < -0.3 is 0 Å². The molecule has 4 aromatic carbocycles. The van der Waals surface area contributed by atoms with Gasteiger partial charge in [-0.05, 0) is 34.9 Å². The Hall–Kier alpha value is -2.91. The van der Waals surface area contributed by atoms with Gasteiger partial charge in [0.2, 0.25) is 0 Å². The molecule has 4 heteroatoms. The van der Waals surface area contributed by atoms with Crippen LogP contribution in [0.15, 0.2) is 109 Å². The van der Waals surface area contributed by atoms with Gasteiger partial charge in [-0.3, -0.25) is 0 Å². The third kappa shape index (κ3) is 4.22. The summed E-state index contributed by atoms with van der Waals surface area (Å²) < 4.78 is 0. The van der Waals surface area contributed by atoms with Crippen LogP contribution in [-0.4, -0.2) is 4.98 Å². The van der Waals surface area contributed by atoms with Gasteiger partial charge >= 0.3 is 0 Å². The van der Waals surface area contributed by atoms with Gasteiger partial charge in [-0.25, -0.2) is 4.98 Å². The quantitative estimate of drug-likeness (QED) is 0.249. The van der Waals surface area contributed by atoms with Crippen molar-refractivity contribution < 1.29 is 0 Å². The lowest BCUT2D eigenvalue weighted by Crippen LogP contribution is -2.05. The van der Waals surface area contributed by atoms with Crippen molar-refractivity contribution in [2.45, 2.75) is 5.92 Å². The van der Waals surface area contributed by atoms with E-state index in [1.54, 1.807) is 11.3 Å². The maximum Gasteiger partial charge on any atom is 0.125 e. The van der Waals surface area contributed by atoms with E-state index in [4.69, 9.17) is 28.2 Å². The van der Waals surface area contributed by atoms with Crippen LogP contribution in [0, 0.1) is 0 Å². The van der Waals surface area contributed by atoms with Crippen LogP contribution >= 0.6 is 34.5 Å². The predicted molar refractivity (Wildman–Crippen MR) is 137 cm³/mol. The molecule has 0 amide bonds. The van der Waals surface area contributed by atoms with Crippen LogP contribution < -0.4 is 0 Å². The summed E-state index contributed by atoms with van der Waals surface area (Å²) in [6.45, 7) is 0. The number of rotatable bonds is 5. The average Bonchev–Trinajstić information content (AvgIpc) is 3.27. The maximum atomic E-state index is 6.55. The van der Waals surface area contributed by atoms with Crippen molar-refractivity contribution in [3.63, 3.8) is 0 Å². The highest BCUT2D eigenvalue weighted by Gasteiger charge is 2.26. The Bertz CT molecular complexity index is 1330. The van der Waals surface area contributed by atoms with Crippen molar-refractivity contribution in [2.75, 3.05) is 0 Å². The molecular formula is C28H19Cl2NS. The van der Waals surface area contributed by atoms with Crippen LogP contribution in [0.25, 0.3) is 21.0 Å². The van der Waals surface area contributed by atoms with E-state index in [0.29, 0.717) is 5.02 Å². The first-order valence-electron chi connectivity index (χ1n) is 10.3. The summed E-state index contributed by atoms with van der Waals surface area (Å²) in [4.78, 5) is 6.34. The molecule has 0 radical (unpaired) electrons. The molecule has 0 aliphatic heterocycles. The summed E-state index contributed by atoms with van der Waals surface area (Å²) in [5.74, 6) is -0.0313. The number of halogens is 2. The molecular weight excluding hydrogens is 453 g/mol. The molecule has 0 fully saturated rings. The number of aromatic nitrogens is 1. The monoisotopic (exact) mass is 471 g/mol. The normalized spacial score (nSPS) is 11.9. The first kappa shape index (κ1) is 21.0. The van der Waals surface area contributed by atoms with Gasteiger partial charge in [0.25, 0.3) is 0 Å². The summed E-state index contributed by atoms with van der Waals surface area (Å²) in [7, 11) is 0. The molecule has 156 valence electrons. The SMILES string of the molecule is Clc1ccc(C(c2ccccc2)c2nc(-c3ccccc3Cl)sc2-c2ccccc2)cc1. The number of hydrogen-bond donors (Lipinski definition) is 0. The molecule has 1 heterocycles. The molecule has 0 bridgehead atoms. The van der Waals surface area contributed by atoms with E-state index in [2.05, 4.69) is 60.7 Å². The molecule has 0 saturated heterocycles. The van der Waals surface area contributed by atoms with E-state index in [1.807, 2.05) is 48.5 Å².